The molecule has 0 amide bonds. The maximum absolute atomic E-state index is 5.55. The van der Waals surface area contributed by atoms with Gasteiger partial charge in [-0.1, -0.05) is 52.0 Å². The molecule has 2 rings (SSSR count). The van der Waals surface area contributed by atoms with Crippen LogP contribution in [-0.4, -0.2) is 7.69 Å². The van der Waals surface area contributed by atoms with Crippen molar-refractivity contribution in [1.82, 2.24) is 0 Å². The van der Waals surface area contributed by atoms with E-state index in [1.54, 1.807) is 0 Å². The van der Waals surface area contributed by atoms with E-state index in [0.717, 1.165) is 11.5 Å². The Morgan fingerprint density at radius 3 is 1.52 bits per heavy atom. The molecule has 0 aliphatic heterocycles. The van der Waals surface area contributed by atoms with Crippen LogP contribution in [0.4, 0.5) is 0 Å². The first-order valence-corrected chi connectivity index (χ1v) is 7.41. The van der Waals surface area contributed by atoms with Gasteiger partial charge in [-0.3, -0.25) is 0 Å². The molecule has 0 bridgehead atoms. The van der Waals surface area contributed by atoms with E-state index in [4.69, 9.17) is 9.31 Å². The highest BCUT2D eigenvalue weighted by atomic mass is 16.6. The van der Waals surface area contributed by atoms with Crippen molar-refractivity contribution in [3.63, 3.8) is 0 Å². The van der Waals surface area contributed by atoms with Crippen molar-refractivity contribution in [3.05, 3.63) is 59.7 Å². The minimum atomic E-state index is 0.484. The molecule has 2 aromatic carbocycles. The Kier molecular flexibility index (Phi) is 5.32. The molecule has 1 radical (unpaired) electrons. The Hall–Kier alpha value is -1.90. The van der Waals surface area contributed by atoms with Crippen LogP contribution in [0.3, 0.4) is 0 Å². The molecule has 0 fully saturated rings. The predicted molar refractivity (Wildman–Crippen MR) is 88.1 cm³/mol. The molecule has 0 saturated carbocycles. The van der Waals surface area contributed by atoms with Crippen LogP contribution in [-0.2, 0) is 0 Å². The predicted octanol–water partition coefficient (Wildman–Crippen LogP) is 4.93. The molecule has 0 aliphatic rings. The fourth-order valence-corrected chi connectivity index (χ4v) is 2.03. The van der Waals surface area contributed by atoms with E-state index in [2.05, 4.69) is 39.8 Å². The molecule has 0 unspecified atom stereocenters. The van der Waals surface area contributed by atoms with Crippen LogP contribution in [0, 0.1) is 0 Å². The largest absolute Gasteiger partial charge is 0.658 e. The fraction of sp³-hybridized carbons (Fsp3) is 0.333. The van der Waals surface area contributed by atoms with Gasteiger partial charge in [0.2, 0.25) is 0 Å². The maximum atomic E-state index is 5.55. The molecule has 2 aromatic rings. The number of hydrogen-bond donors (Lipinski definition) is 0. The summed E-state index contributed by atoms with van der Waals surface area (Å²) in [7, 11) is 1.39. The third kappa shape index (κ3) is 4.56. The van der Waals surface area contributed by atoms with Crippen molar-refractivity contribution in [2.45, 2.75) is 39.5 Å². The first kappa shape index (κ1) is 15.5. The van der Waals surface area contributed by atoms with Crippen molar-refractivity contribution in [3.8, 4) is 11.5 Å². The van der Waals surface area contributed by atoms with Gasteiger partial charge < -0.3 is 9.31 Å². The first-order valence-electron chi connectivity index (χ1n) is 7.41. The normalized spacial score (nSPS) is 10.8. The lowest BCUT2D eigenvalue weighted by molar-refractivity contribution is 0.458. The third-order valence-electron chi connectivity index (χ3n) is 3.42. The number of rotatable bonds is 6. The summed E-state index contributed by atoms with van der Waals surface area (Å²) in [6, 6.07) is 16.1. The lowest BCUT2D eigenvalue weighted by Crippen LogP contribution is -2.11. The van der Waals surface area contributed by atoms with E-state index in [9.17, 15) is 0 Å². The quantitative estimate of drug-likeness (QED) is 0.699. The van der Waals surface area contributed by atoms with Gasteiger partial charge >= 0.3 is 7.69 Å². The summed E-state index contributed by atoms with van der Waals surface area (Å²) >= 11 is 0. The maximum Gasteiger partial charge on any atom is 0.658 e. The van der Waals surface area contributed by atoms with Gasteiger partial charge in [0.05, 0.1) is 0 Å². The summed E-state index contributed by atoms with van der Waals surface area (Å²) in [5.41, 5.74) is 2.51. The van der Waals surface area contributed by atoms with Crippen LogP contribution in [0.15, 0.2) is 48.5 Å². The average Bonchev–Trinajstić information content (AvgIpc) is 2.48. The van der Waals surface area contributed by atoms with E-state index in [-0.39, 0.29) is 0 Å². The molecule has 0 N–H and O–H groups in total. The molecular weight excluding hydrogens is 259 g/mol. The van der Waals surface area contributed by atoms with Crippen molar-refractivity contribution in [2.24, 2.45) is 0 Å². The minimum Gasteiger partial charge on any atom is -0.526 e. The molecule has 3 heteroatoms. The van der Waals surface area contributed by atoms with Gasteiger partial charge in [0.1, 0.15) is 11.5 Å². The summed E-state index contributed by atoms with van der Waals surface area (Å²) in [4.78, 5) is 0. The highest BCUT2D eigenvalue weighted by Crippen LogP contribution is 2.21. The van der Waals surface area contributed by atoms with Crippen LogP contribution in [0.1, 0.15) is 50.7 Å². The summed E-state index contributed by atoms with van der Waals surface area (Å²) in [6.07, 6.45) is 0. The zero-order valence-electron chi connectivity index (χ0n) is 13.2. The van der Waals surface area contributed by atoms with Gasteiger partial charge in [-0.15, -0.1) is 0 Å². The highest BCUT2D eigenvalue weighted by Gasteiger charge is 2.06. The zero-order chi connectivity index (χ0) is 15.2. The molecule has 2 nitrogen and oxygen atoms in total. The molecule has 109 valence electrons. The zero-order valence-corrected chi connectivity index (χ0v) is 13.2. The first-order chi connectivity index (χ1) is 10.1. The molecule has 0 aliphatic carbocycles. The summed E-state index contributed by atoms with van der Waals surface area (Å²) in [5, 5.41) is 0. The van der Waals surface area contributed by atoms with E-state index < -0.39 is 0 Å². The van der Waals surface area contributed by atoms with E-state index in [1.807, 2.05) is 36.4 Å². The van der Waals surface area contributed by atoms with Crippen molar-refractivity contribution in [2.75, 3.05) is 0 Å². The van der Waals surface area contributed by atoms with Crippen molar-refractivity contribution in [1.29, 1.82) is 0 Å². The van der Waals surface area contributed by atoms with Gasteiger partial charge in [0.25, 0.3) is 0 Å². The number of hydrogen-bond acceptors (Lipinski definition) is 2. The van der Waals surface area contributed by atoms with Gasteiger partial charge in [0.15, 0.2) is 0 Å². The lowest BCUT2D eigenvalue weighted by atomic mass is 10.0. The van der Waals surface area contributed by atoms with E-state index >= 15 is 0 Å². The third-order valence-corrected chi connectivity index (χ3v) is 3.42. The Morgan fingerprint density at radius 1 is 0.714 bits per heavy atom. The van der Waals surface area contributed by atoms with Crippen molar-refractivity contribution < 1.29 is 9.31 Å². The fourth-order valence-electron chi connectivity index (χ4n) is 2.03. The second kappa shape index (κ2) is 7.21. The van der Waals surface area contributed by atoms with E-state index in [1.165, 1.54) is 18.8 Å². The van der Waals surface area contributed by atoms with Crippen LogP contribution in [0.5, 0.6) is 11.5 Å². The SMILES string of the molecule is CC(C)c1cccc(O[B]Oc2cccc(C(C)C)c2)c1. The molecule has 21 heavy (non-hydrogen) atoms. The second-order valence-corrected chi connectivity index (χ2v) is 5.79. The molecule has 0 spiro atoms. The standard InChI is InChI=1S/C18H22BO2/c1-13(2)15-7-5-9-17(11-15)20-19-21-18-10-6-8-16(12-18)14(3)4/h5-14H,1-4H3. The summed E-state index contributed by atoms with van der Waals surface area (Å²) in [6.45, 7) is 8.65. The smallest absolute Gasteiger partial charge is 0.526 e. The van der Waals surface area contributed by atoms with Gasteiger partial charge in [-0.25, -0.2) is 0 Å². The average molecular weight is 281 g/mol. The monoisotopic (exact) mass is 281 g/mol. The Morgan fingerprint density at radius 2 is 1.14 bits per heavy atom. The van der Waals surface area contributed by atoms with Gasteiger partial charge in [-0.2, -0.15) is 0 Å². The van der Waals surface area contributed by atoms with Crippen LogP contribution < -0.4 is 9.31 Å². The molecule has 0 atom stereocenters. The molecular formula is C18H22BO2. The van der Waals surface area contributed by atoms with Crippen LogP contribution in [0.2, 0.25) is 0 Å². The summed E-state index contributed by atoms with van der Waals surface area (Å²) in [5.74, 6) is 2.55. The Bertz CT molecular complexity index is 527. The van der Waals surface area contributed by atoms with Crippen molar-refractivity contribution >= 4 is 7.69 Å². The van der Waals surface area contributed by atoms with Gasteiger partial charge in [-0.05, 0) is 47.2 Å². The molecule has 0 saturated heterocycles. The highest BCUT2D eigenvalue weighted by molar-refractivity contribution is 6.20. The minimum absolute atomic E-state index is 0.484. The van der Waals surface area contributed by atoms with Gasteiger partial charge in [0, 0.05) is 0 Å². The van der Waals surface area contributed by atoms with Crippen LogP contribution >= 0.6 is 0 Å². The topological polar surface area (TPSA) is 18.5 Å². The Balaban J connectivity index is 1.92. The second-order valence-electron chi connectivity index (χ2n) is 5.79. The van der Waals surface area contributed by atoms with Crippen LogP contribution in [0.25, 0.3) is 0 Å². The molecule has 0 heterocycles. The Labute approximate surface area is 128 Å². The molecule has 0 aromatic heterocycles. The number of benzene rings is 2. The lowest BCUT2D eigenvalue weighted by Gasteiger charge is -2.11. The summed E-state index contributed by atoms with van der Waals surface area (Å²) < 4.78 is 11.1. The van der Waals surface area contributed by atoms with E-state index in [0.29, 0.717) is 11.8 Å².